The number of halogens is 1. The summed E-state index contributed by atoms with van der Waals surface area (Å²) in [6, 6.07) is 9.58. The topological polar surface area (TPSA) is 46.5 Å². The van der Waals surface area contributed by atoms with Gasteiger partial charge in [0.05, 0.1) is 12.7 Å². The van der Waals surface area contributed by atoms with Crippen LogP contribution in [-0.4, -0.2) is 18.2 Å². The van der Waals surface area contributed by atoms with Gasteiger partial charge >= 0.3 is 5.97 Å². The normalized spacial score (nSPS) is 10.4. The van der Waals surface area contributed by atoms with Crippen molar-refractivity contribution >= 4 is 17.7 Å². The maximum atomic E-state index is 13.8. The number of rotatable bonds is 5. The quantitative estimate of drug-likeness (QED) is 0.844. The fraction of sp³-hybridized carbons (Fsp3) is 0.188. The first-order valence-electron chi connectivity index (χ1n) is 6.30. The third kappa shape index (κ3) is 3.76. The van der Waals surface area contributed by atoms with Crippen molar-refractivity contribution in [3.63, 3.8) is 0 Å². The predicted octanol–water partition coefficient (Wildman–Crippen LogP) is 4.13. The van der Waals surface area contributed by atoms with Crippen molar-refractivity contribution in [2.45, 2.75) is 17.6 Å². The van der Waals surface area contributed by atoms with E-state index in [2.05, 4.69) is 0 Å². The molecule has 0 bridgehead atoms. The van der Waals surface area contributed by atoms with E-state index >= 15 is 0 Å². The highest BCUT2D eigenvalue weighted by molar-refractivity contribution is 7.98. The molecule has 2 aromatic rings. The molecule has 5 heteroatoms. The average Bonchev–Trinajstić information content (AvgIpc) is 2.46. The molecule has 0 amide bonds. The molecular weight excluding hydrogens is 291 g/mol. The maximum absolute atomic E-state index is 13.8. The molecule has 0 aliphatic rings. The highest BCUT2D eigenvalue weighted by Gasteiger charge is 2.10. The molecule has 110 valence electrons. The Labute approximate surface area is 126 Å². The van der Waals surface area contributed by atoms with Crippen LogP contribution in [0.25, 0.3) is 0 Å². The van der Waals surface area contributed by atoms with Crippen LogP contribution < -0.4 is 4.74 Å². The van der Waals surface area contributed by atoms with E-state index < -0.39 is 11.8 Å². The van der Waals surface area contributed by atoms with E-state index in [-0.39, 0.29) is 5.56 Å². The molecule has 21 heavy (non-hydrogen) atoms. The first-order chi connectivity index (χ1) is 10.0. The van der Waals surface area contributed by atoms with Gasteiger partial charge in [0.25, 0.3) is 0 Å². The third-order valence-corrected chi connectivity index (χ3v) is 4.08. The minimum Gasteiger partial charge on any atom is -0.496 e. The summed E-state index contributed by atoms with van der Waals surface area (Å²) in [4.78, 5) is 11.3. The van der Waals surface area contributed by atoms with Crippen LogP contribution in [0.4, 0.5) is 4.39 Å². The summed E-state index contributed by atoms with van der Waals surface area (Å²) in [5.74, 6) is -0.241. The summed E-state index contributed by atoms with van der Waals surface area (Å²) < 4.78 is 19.0. The summed E-state index contributed by atoms with van der Waals surface area (Å²) in [6.07, 6.45) is 0. The average molecular weight is 306 g/mol. The number of hydrogen-bond acceptors (Lipinski definition) is 3. The monoisotopic (exact) mass is 306 g/mol. The lowest BCUT2D eigenvalue weighted by atomic mass is 10.1. The van der Waals surface area contributed by atoms with Crippen LogP contribution >= 0.6 is 11.8 Å². The minimum atomic E-state index is -1.06. The summed E-state index contributed by atoms with van der Waals surface area (Å²) in [5, 5.41) is 8.95. The van der Waals surface area contributed by atoms with Crippen LogP contribution in [-0.2, 0) is 5.75 Å². The minimum absolute atomic E-state index is 0.0788. The molecule has 2 rings (SSSR count). The Kier molecular flexibility index (Phi) is 4.85. The van der Waals surface area contributed by atoms with Gasteiger partial charge in [-0.1, -0.05) is 17.7 Å². The number of ether oxygens (including phenoxy) is 1. The summed E-state index contributed by atoms with van der Waals surface area (Å²) in [7, 11) is 1.59. The number of hydrogen-bond donors (Lipinski definition) is 1. The molecule has 0 unspecified atom stereocenters. The van der Waals surface area contributed by atoms with E-state index in [9.17, 15) is 9.18 Å². The van der Waals surface area contributed by atoms with Gasteiger partial charge in [-0.25, -0.2) is 9.18 Å². The molecule has 0 aliphatic carbocycles. The SMILES string of the molecule is COc1ccc(C)cc1CSc1cc(C(=O)O)ccc1F. The van der Waals surface area contributed by atoms with E-state index in [1.54, 1.807) is 7.11 Å². The zero-order chi connectivity index (χ0) is 15.4. The Hall–Kier alpha value is -2.01. The van der Waals surface area contributed by atoms with Gasteiger partial charge in [0.2, 0.25) is 0 Å². The number of methoxy groups -OCH3 is 1. The van der Waals surface area contributed by atoms with Crippen LogP contribution in [0.2, 0.25) is 0 Å². The summed E-state index contributed by atoms with van der Waals surface area (Å²) >= 11 is 1.25. The second kappa shape index (κ2) is 6.63. The van der Waals surface area contributed by atoms with Crippen molar-refractivity contribution in [3.8, 4) is 5.75 Å². The highest BCUT2D eigenvalue weighted by atomic mass is 32.2. The van der Waals surface area contributed by atoms with Crippen molar-refractivity contribution < 1.29 is 19.0 Å². The van der Waals surface area contributed by atoms with Gasteiger partial charge in [-0.2, -0.15) is 0 Å². The second-order valence-corrected chi connectivity index (χ2v) is 5.57. The standard InChI is InChI=1S/C16H15FO3S/c1-10-3-6-14(20-2)12(7-10)9-21-15-8-11(16(18)19)4-5-13(15)17/h3-8H,9H2,1-2H3,(H,18,19). The Morgan fingerprint density at radius 1 is 1.29 bits per heavy atom. The first kappa shape index (κ1) is 15.4. The van der Waals surface area contributed by atoms with Crippen LogP contribution in [0.1, 0.15) is 21.5 Å². The zero-order valence-electron chi connectivity index (χ0n) is 11.7. The lowest BCUT2D eigenvalue weighted by molar-refractivity contribution is 0.0696. The largest absolute Gasteiger partial charge is 0.496 e. The Morgan fingerprint density at radius 2 is 2.05 bits per heavy atom. The van der Waals surface area contributed by atoms with Gasteiger partial charge in [-0.15, -0.1) is 11.8 Å². The van der Waals surface area contributed by atoms with Crippen molar-refractivity contribution in [3.05, 3.63) is 58.9 Å². The van der Waals surface area contributed by atoms with E-state index in [4.69, 9.17) is 9.84 Å². The highest BCUT2D eigenvalue weighted by Crippen LogP contribution is 2.30. The number of carboxylic acid groups (broad SMARTS) is 1. The lowest BCUT2D eigenvalue weighted by Gasteiger charge is -2.10. The molecule has 3 nitrogen and oxygen atoms in total. The van der Waals surface area contributed by atoms with Gasteiger partial charge in [-0.3, -0.25) is 0 Å². The van der Waals surface area contributed by atoms with Crippen molar-refractivity contribution in [1.29, 1.82) is 0 Å². The molecule has 0 saturated heterocycles. The van der Waals surface area contributed by atoms with Gasteiger partial charge < -0.3 is 9.84 Å². The van der Waals surface area contributed by atoms with Gasteiger partial charge in [0, 0.05) is 16.2 Å². The molecule has 0 heterocycles. The van der Waals surface area contributed by atoms with Gasteiger partial charge in [-0.05, 0) is 31.2 Å². The molecule has 0 fully saturated rings. The van der Waals surface area contributed by atoms with E-state index in [1.165, 1.54) is 30.0 Å². The van der Waals surface area contributed by atoms with Crippen molar-refractivity contribution in [2.75, 3.05) is 7.11 Å². The smallest absolute Gasteiger partial charge is 0.335 e. The zero-order valence-corrected chi connectivity index (χ0v) is 12.5. The molecule has 0 saturated carbocycles. The molecule has 0 radical (unpaired) electrons. The Balaban J connectivity index is 2.22. The second-order valence-electron chi connectivity index (χ2n) is 4.55. The van der Waals surface area contributed by atoms with Crippen molar-refractivity contribution in [2.24, 2.45) is 0 Å². The summed E-state index contributed by atoms with van der Waals surface area (Å²) in [6.45, 7) is 1.97. The Morgan fingerprint density at radius 3 is 2.71 bits per heavy atom. The molecule has 0 atom stereocenters. The number of aryl methyl sites for hydroxylation is 1. The number of benzene rings is 2. The van der Waals surface area contributed by atoms with Crippen LogP contribution in [0.15, 0.2) is 41.3 Å². The van der Waals surface area contributed by atoms with Crippen LogP contribution in [0.5, 0.6) is 5.75 Å². The predicted molar refractivity (Wildman–Crippen MR) is 80.7 cm³/mol. The van der Waals surface area contributed by atoms with Gasteiger partial charge in [0.1, 0.15) is 11.6 Å². The van der Waals surface area contributed by atoms with E-state index in [0.29, 0.717) is 10.6 Å². The number of carboxylic acids is 1. The summed E-state index contributed by atoms with van der Waals surface area (Å²) in [5.41, 5.74) is 2.11. The number of carbonyl (C=O) groups is 1. The molecule has 0 aromatic heterocycles. The fourth-order valence-corrected chi connectivity index (χ4v) is 2.88. The molecule has 1 N–H and O–H groups in total. The number of thioether (sulfide) groups is 1. The van der Waals surface area contributed by atoms with Crippen molar-refractivity contribution in [1.82, 2.24) is 0 Å². The van der Waals surface area contributed by atoms with E-state index in [0.717, 1.165) is 16.9 Å². The molecule has 0 spiro atoms. The van der Waals surface area contributed by atoms with E-state index in [1.807, 2.05) is 25.1 Å². The molecule has 0 aliphatic heterocycles. The maximum Gasteiger partial charge on any atom is 0.335 e. The fourth-order valence-electron chi connectivity index (χ4n) is 1.92. The van der Waals surface area contributed by atoms with Crippen LogP contribution in [0, 0.1) is 12.7 Å². The Bertz CT molecular complexity index is 671. The van der Waals surface area contributed by atoms with Gasteiger partial charge in [0.15, 0.2) is 0 Å². The number of aromatic carboxylic acids is 1. The lowest BCUT2D eigenvalue weighted by Crippen LogP contribution is -1.97. The molecule has 2 aromatic carbocycles. The molecular formula is C16H15FO3S. The third-order valence-electron chi connectivity index (χ3n) is 3.00. The van der Waals surface area contributed by atoms with Crippen LogP contribution in [0.3, 0.4) is 0 Å². The first-order valence-corrected chi connectivity index (χ1v) is 7.29.